The first-order chi connectivity index (χ1) is 19.6. The normalized spacial score (nSPS) is 22.4. The highest BCUT2D eigenvalue weighted by Crippen LogP contribution is 2.42. The van der Waals surface area contributed by atoms with Gasteiger partial charge in [-0.15, -0.1) is 0 Å². The fourth-order valence-electron chi connectivity index (χ4n) is 6.65. The van der Waals surface area contributed by atoms with Gasteiger partial charge in [-0.3, -0.25) is 9.35 Å². The van der Waals surface area contributed by atoms with Crippen molar-refractivity contribution in [1.29, 1.82) is 0 Å². The highest BCUT2D eigenvalue weighted by molar-refractivity contribution is 7.85. The summed E-state index contributed by atoms with van der Waals surface area (Å²) in [5, 5.41) is 11.0. The van der Waals surface area contributed by atoms with Gasteiger partial charge in [0.15, 0.2) is 0 Å². The zero-order valence-corrected chi connectivity index (χ0v) is 25.1. The molecule has 0 spiro atoms. The molecule has 1 saturated carbocycles. The van der Waals surface area contributed by atoms with Crippen LogP contribution in [0.1, 0.15) is 73.8 Å². The lowest BCUT2D eigenvalue weighted by Crippen LogP contribution is -2.52. The Balaban J connectivity index is 1.32. The number of piperazine rings is 1. The summed E-state index contributed by atoms with van der Waals surface area (Å²) in [5.41, 5.74) is 2.54. The third-order valence-electron chi connectivity index (χ3n) is 8.84. The molecule has 0 radical (unpaired) electrons. The van der Waals surface area contributed by atoms with E-state index in [2.05, 4.69) is 21.8 Å². The van der Waals surface area contributed by atoms with Crippen LogP contribution in [-0.2, 0) is 14.9 Å². The fraction of sp³-hybridized carbons (Fsp3) is 0.621. The molecule has 224 valence electrons. The first kappa shape index (κ1) is 30.2. The molecule has 3 aliphatic rings. The number of anilines is 1. The first-order valence-electron chi connectivity index (χ1n) is 14.6. The number of benzene rings is 1. The molecule has 1 aromatic carbocycles. The molecule has 0 bridgehead atoms. The number of amides is 1. The van der Waals surface area contributed by atoms with Crippen LogP contribution in [0.4, 0.5) is 5.82 Å². The third kappa shape index (κ3) is 7.37. The molecule has 2 aliphatic carbocycles. The highest BCUT2D eigenvalue weighted by Gasteiger charge is 2.35. The quantitative estimate of drug-likeness (QED) is 0.391. The van der Waals surface area contributed by atoms with Gasteiger partial charge in [0, 0.05) is 56.4 Å². The predicted octanol–water partition coefficient (Wildman–Crippen LogP) is 3.48. The van der Waals surface area contributed by atoms with Crippen LogP contribution in [0.15, 0.2) is 30.6 Å². The lowest BCUT2D eigenvalue weighted by molar-refractivity contribution is -0.133. The van der Waals surface area contributed by atoms with Gasteiger partial charge in [0.2, 0.25) is 5.91 Å². The van der Waals surface area contributed by atoms with Gasteiger partial charge in [0.1, 0.15) is 12.1 Å². The molecule has 5 rings (SSSR count). The zero-order chi connectivity index (χ0) is 29.1. The van der Waals surface area contributed by atoms with Crippen molar-refractivity contribution >= 4 is 33.4 Å². The molecule has 1 amide bonds. The average Bonchev–Trinajstić information content (AvgIpc) is 3.57. The molecule has 1 saturated heterocycles. The van der Waals surface area contributed by atoms with E-state index >= 15 is 0 Å². The van der Waals surface area contributed by atoms with Crippen LogP contribution in [0, 0.1) is 5.92 Å². The van der Waals surface area contributed by atoms with Gasteiger partial charge >= 0.3 is 0 Å². The Labute approximate surface area is 247 Å². The molecule has 12 heteroatoms. The number of halogens is 1. The Hall–Kier alpha value is -2.31. The smallest absolute Gasteiger partial charge is 0.266 e. The van der Waals surface area contributed by atoms with E-state index in [0.717, 1.165) is 42.6 Å². The third-order valence-corrected chi connectivity index (χ3v) is 9.79. The van der Waals surface area contributed by atoms with Gasteiger partial charge in [-0.1, -0.05) is 43.5 Å². The number of hydrogen-bond donors (Lipinski definition) is 2. The van der Waals surface area contributed by atoms with Gasteiger partial charge in [-0.2, -0.15) is 8.42 Å². The molecule has 3 atom stereocenters. The summed E-state index contributed by atoms with van der Waals surface area (Å²) in [6, 6.07) is 7.29. The maximum Gasteiger partial charge on any atom is 0.266 e. The molecular formula is C29H40ClN5O5S. The van der Waals surface area contributed by atoms with E-state index in [0.29, 0.717) is 62.3 Å². The summed E-state index contributed by atoms with van der Waals surface area (Å²) in [6.45, 7) is 5.57. The topological polar surface area (TPSA) is 127 Å². The molecule has 10 nitrogen and oxygen atoms in total. The van der Waals surface area contributed by atoms with E-state index in [1.54, 1.807) is 12.1 Å². The number of hydrogen-bond acceptors (Lipinski definition) is 8. The molecule has 2 fully saturated rings. The monoisotopic (exact) mass is 605 g/mol. The van der Waals surface area contributed by atoms with Crippen molar-refractivity contribution in [2.24, 2.45) is 5.92 Å². The van der Waals surface area contributed by atoms with E-state index in [-0.39, 0.29) is 24.1 Å². The fourth-order valence-corrected chi connectivity index (χ4v) is 7.27. The maximum absolute atomic E-state index is 14.1. The van der Waals surface area contributed by atoms with Crippen molar-refractivity contribution < 1.29 is 22.9 Å². The van der Waals surface area contributed by atoms with Crippen molar-refractivity contribution in [1.82, 2.24) is 19.8 Å². The van der Waals surface area contributed by atoms with E-state index in [9.17, 15) is 22.9 Å². The maximum atomic E-state index is 14.1. The van der Waals surface area contributed by atoms with E-state index in [4.69, 9.17) is 11.6 Å². The minimum atomic E-state index is -4.13. The van der Waals surface area contributed by atoms with E-state index < -0.39 is 22.1 Å². The molecule has 1 aliphatic heterocycles. The van der Waals surface area contributed by atoms with Crippen molar-refractivity contribution in [3.05, 3.63) is 52.4 Å². The van der Waals surface area contributed by atoms with Crippen LogP contribution in [0.2, 0.25) is 5.02 Å². The molecular weight excluding hydrogens is 566 g/mol. The number of aliphatic hydroxyl groups excluding tert-OH is 1. The van der Waals surface area contributed by atoms with Crippen LogP contribution in [0.3, 0.4) is 0 Å². The Morgan fingerprint density at radius 1 is 1.12 bits per heavy atom. The van der Waals surface area contributed by atoms with Gasteiger partial charge < -0.3 is 19.8 Å². The highest BCUT2D eigenvalue weighted by atomic mass is 35.5. The second-order valence-electron chi connectivity index (χ2n) is 11.8. The van der Waals surface area contributed by atoms with Crippen molar-refractivity contribution in [2.45, 2.75) is 57.0 Å². The molecule has 0 unspecified atom stereocenters. The van der Waals surface area contributed by atoms with Crippen molar-refractivity contribution in [3.8, 4) is 0 Å². The largest absolute Gasteiger partial charge is 0.387 e. The standard InChI is InChI=1S/C29H40ClN5O5S/c1-20-16-25(36)27-26(20)28(32-19-31-27)34-10-12-35(13-11-34)29(37)24(22-6-8-23(30)9-7-22)18-33(14-15-41(38,39)40)17-21-4-2-3-5-21/h6-9,19-21,24-25,36H,2-5,10-18H2,1H3,(H,38,39,40)/t20-,24-,25-/m1/s1. The molecule has 41 heavy (non-hydrogen) atoms. The van der Waals surface area contributed by atoms with E-state index in [1.807, 2.05) is 21.9 Å². The van der Waals surface area contributed by atoms with Gasteiger partial charge in [0.05, 0.1) is 23.5 Å². The molecule has 2 heterocycles. The summed E-state index contributed by atoms with van der Waals surface area (Å²) in [5.74, 6) is 0.589. The lowest BCUT2D eigenvalue weighted by atomic mass is 9.95. The summed E-state index contributed by atoms with van der Waals surface area (Å²) in [4.78, 5) is 29.1. The second kappa shape index (κ2) is 12.9. The van der Waals surface area contributed by atoms with Crippen LogP contribution >= 0.6 is 11.6 Å². The van der Waals surface area contributed by atoms with Crippen LogP contribution < -0.4 is 4.90 Å². The number of carbonyl (C=O) groups excluding carboxylic acids is 1. The first-order valence-corrected chi connectivity index (χ1v) is 16.6. The average molecular weight is 606 g/mol. The summed E-state index contributed by atoms with van der Waals surface area (Å²) < 4.78 is 32.7. The minimum Gasteiger partial charge on any atom is -0.387 e. The Morgan fingerprint density at radius 3 is 2.46 bits per heavy atom. The predicted molar refractivity (Wildman–Crippen MR) is 158 cm³/mol. The van der Waals surface area contributed by atoms with Crippen LogP contribution in [-0.4, -0.2) is 95.3 Å². The number of fused-ring (bicyclic) bond motifs is 1. The number of aromatic nitrogens is 2. The SMILES string of the molecule is C[C@@H]1C[C@@H](O)c2ncnc(N3CCN(C(=O)[C@H](CN(CCS(=O)(=O)O)CC4CCCC4)c4ccc(Cl)cc4)CC3)c21. The van der Waals surface area contributed by atoms with Gasteiger partial charge in [0.25, 0.3) is 10.1 Å². The Kier molecular flexibility index (Phi) is 9.50. The number of nitrogens with zero attached hydrogens (tertiary/aromatic N) is 5. The van der Waals surface area contributed by atoms with Gasteiger partial charge in [-0.25, -0.2) is 9.97 Å². The Bertz CT molecular complexity index is 1310. The van der Waals surface area contributed by atoms with Crippen molar-refractivity contribution in [2.75, 3.05) is 56.5 Å². The minimum absolute atomic E-state index is 0.00745. The van der Waals surface area contributed by atoms with Gasteiger partial charge in [-0.05, 0) is 48.8 Å². The number of aliphatic hydroxyl groups is 1. The second-order valence-corrected chi connectivity index (χ2v) is 13.8. The number of carbonyl (C=O) groups is 1. The molecule has 1 aromatic heterocycles. The number of rotatable bonds is 10. The van der Waals surface area contributed by atoms with Crippen molar-refractivity contribution in [3.63, 3.8) is 0 Å². The van der Waals surface area contributed by atoms with Crippen LogP contribution in [0.25, 0.3) is 0 Å². The molecule has 2 aromatic rings. The zero-order valence-electron chi connectivity index (χ0n) is 23.5. The summed E-state index contributed by atoms with van der Waals surface area (Å²) in [6.07, 6.45) is 6.07. The summed E-state index contributed by atoms with van der Waals surface area (Å²) >= 11 is 6.17. The summed E-state index contributed by atoms with van der Waals surface area (Å²) in [7, 11) is -4.13. The van der Waals surface area contributed by atoms with E-state index in [1.165, 1.54) is 6.33 Å². The Morgan fingerprint density at radius 2 is 1.80 bits per heavy atom. The lowest BCUT2D eigenvalue weighted by Gasteiger charge is -2.39. The van der Waals surface area contributed by atoms with Crippen LogP contribution in [0.5, 0.6) is 0 Å². The molecule has 2 N–H and O–H groups in total.